The van der Waals surface area contributed by atoms with Crippen molar-refractivity contribution in [1.29, 1.82) is 0 Å². The molecule has 3 N–H and O–H groups in total. The van der Waals surface area contributed by atoms with Crippen molar-refractivity contribution in [2.75, 3.05) is 12.4 Å². The van der Waals surface area contributed by atoms with Crippen LogP contribution in [0.25, 0.3) is 38.4 Å². The Balaban J connectivity index is 1.48. The van der Waals surface area contributed by atoms with Crippen LogP contribution in [0.15, 0.2) is 95.6 Å². The molecular weight excluding hydrogens is 452 g/mol. The lowest BCUT2D eigenvalue weighted by Gasteiger charge is -2.10. The average molecular weight is 477 g/mol. The highest BCUT2D eigenvalue weighted by molar-refractivity contribution is 6.06. The van der Waals surface area contributed by atoms with Crippen LogP contribution >= 0.6 is 0 Å². The molecule has 0 fully saturated rings. The summed E-state index contributed by atoms with van der Waals surface area (Å²) in [5.74, 6) is -0.217. The molecule has 0 atom stereocenters. The van der Waals surface area contributed by atoms with Crippen LogP contribution in [0.2, 0.25) is 0 Å². The van der Waals surface area contributed by atoms with Crippen molar-refractivity contribution in [1.82, 2.24) is 0 Å². The van der Waals surface area contributed by atoms with Crippen molar-refractivity contribution in [2.24, 2.45) is 5.73 Å². The number of furan rings is 1. The minimum atomic E-state index is -0.520. The molecule has 6 heteroatoms. The Labute approximate surface area is 208 Å². The van der Waals surface area contributed by atoms with E-state index in [0.717, 1.165) is 33.0 Å². The van der Waals surface area contributed by atoms with Gasteiger partial charge in [0.1, 0.15) is 11.3 Å². The van der Waals surface area contributed by atoms with Crippen LogP contribution in [0.3, 0.4) is 0 Å². The van der Waals surface area contributed by atoms with E-state index in [1.165, 1.54) is 11.5 Å². The number of primary amides is 1. The zero-order valence-electron chi connectivity index (χ0n) is 19.9. The maximum absolute atomic E-state index is 12.7. The van der Waals surface area contributed by atoms with Gasteiger partial charge in [-0.25, -0.2) is 0 Å². The molecule has 0 radical (unpaired) electrons. The highest BCUT2D eigenvalue weighted by Gasteiger charge is 2.15. The molecule has 5 rings (SSSR count). The molecular formula is C30H24N2O4. The Morgan fingerprint density at radius 1 is 0.944 bits per heavy atom. The standard InChI is InChI=1S/C30H24N2O4/c1-18(13-29(33)32-23-11-9-20(10-12-23)30(31)34)24-15-25-26(17-36-28(25)16-27(24)35-2)22-8-7-19-5-3-4-6-21(19)14-22/h3-17H,1-2H3,(H2,31,34)(H,32,33)/b18-13+. The average Bonchev–Trinajstić information content (AvgIpc) is 3.30. The van der Waals surface area contributed by atoms with Gasteiger partial charge in [0.15, 0.2) is 0 Å². The van der Waals surface area contributed by atoms with Crippen molar-refractivity contribution in [3.8, 4) is 16.9 Å². The SMILES string of the molecule is COc1cc2occ(-c3ccc4ccccc4c3)c2cc1/C(C)=C/C(=O)Nc1ccc(C(N)=O)cc1. The summed E-state index contributed by atoms with van der Waals surface area (Å²) in [6.45, 7) is 1.86. The molecule has 5 aromatic rings. The molecule has 0 saturated heterocycles. The Kier molecular flexibility index (Phi) is 6.00. The molecule has 1 aromatic heterocycles. The largest absolute Gasteiger partial charge is 0.496 e. The van der Waals surface area contributed by atoms with Gasteiger partial charge in [0.25, 0.3) is 0 Å². The van der Waals surface area contributed by atoms with Crippen LogP contribution in [0.1, 0.15) is 22.8 Å². The predicted molar refractivity (Wildman–Crippen MR) is 143 cm³/mol. The molecule has 0 bridgehead atoms. The van der Waals surface area contributed by atoms with E-state index in [1.54, 1.807) is 37.6 Å². The fraction of sp³-hybridized carbons (Fsp3) is 0.0667. The smallest absolute Gasteiger partial charge is 0.248 e. The van der Waals surface area contributed by atoms with Crippen molar-refractivity contribution in [3.05, 3.63) is 102 Å². The minimum absolute atomic E-state index is 0.302. The van der Waals surface area contributed by atoms with Gasteiger partial charge in [-0.1, -0.05) is 36.4 Å². The van der Waals surface area contributed by atoms with E-state index in [9.17, 15) is 9.59 Å². The van der Waals surface area contributed by atoms with E-state index in [-0.39, 0.29) is 5.91 Å². The van der Waals surface area contributed by atoms with Gasteiger partial charge in [-0.2, -0.15) is 0 Å². The first-order valence-corrected chi connectivity index (χ1v) is 11.4. The zero-order valence-corrected chi connectivity index (χ0v) is 19.9. The number of amides is 2. The number of benzene rings is 4. The summed E-state index contributed by atoms with van der Waals surface area (Å²) >= 11 is 0. The van der Waals surface area contributed by atoms with Gasteiger partial charge in [-0.15, -0.1) is 0 Å². The number of rotatable bonds is 6. The summed E-state index contributed by atoms with van der Waals surface area (Å²) in [6, 6.07) is 24.8. The number of hydrogen-bond donors (Lipinski definition) is 2. The third-order valence-corrected chi connectivity index (χ3v) is 6.17. The Hall–Kier alpha value is -4.84. The van der Waals surface area contributed by atoms with Crippen LogP contribution in [0.4, 0.5) is 5.69 Å². The van der Waals surface area contributed by atoms with Crippen molar-refractivity contribution >= 4 is 44.8 Å². The Morgan fingerprint density at radius 2 is 1.69 bits per heavy atom. The van der Waals surface area contributed by atoms with Gasteiger partial charge in [0, 0.05) is 39.9 Å². The third-order valence-electron chi connectivity index (χ3n) is 6.17. The van der Waals surface area contributed by atoms with Crippen LogP contribution in [0.5, 0.6) is 5.75 Å². The van der Waals surface area contributed by atoms with Crippen molar-refractivity contribution in [3.63, 3.8) is 0 Å². The normalized spacial score (nSPS) is 11.6. The third kappa shape index (κ3) is 4.44. The molecule has 36 heavy (non-hydrogen) atoms. The van der Waals surface area contributed by atoms with E-state index in [0.29, 0.717) is 22.6 Å². The van der Waals surface area contributed by atoms with Gasteiger partial charge >= 0.3 is 0 Å². The molecule has 4 aromatic carbocycles. The summed E-state index contributed by atoms with van der Waals surface area (Å²) in [4.78, 5) is 24.0. The lowest BCUT2D eigenvalue weighted by molar-refractivity contribution is -0.111. The van der Waals surface area contributed by atoms with Crippen LogP contribution < -0.4 is 15.8 Å². The van der Waals surface area contributed by atoms with Gasteiger partial charge in [-0.3, -0.25) is 9.59 Å². The van der Waals surface area contributed by atoms with E-state index < -0.39 is 5.91 Å². The highest BCUT2D eigenvalue weighted by atomic mass is 16.5. The molecule has 0 aliphatic rings. The van der Waals surface area contributed by atoms with Crippen LogP contribution in [-0.4, -0.2) is 18.9 Å². The predicted octanol–water partition coefficient (Wildman–Crippen LogP) is 6.40. The first-order valence-electron chi connectivity index (χ1n) is 11.4. The zero-order chi connectivity index (χ0) is 25.2. The van der Waals surface area contributed by atoms with E-state index in [2.05, 4.69) is 35.6 Å². The number of nitrogens with two attached hydrogens (primary N) is 1. The molecule has 0 unspecified atom stereocenters. The number of nitrogens with one attached hydrogen (secondary N) is 1. The number of methoxy groups -OCH3 is 1. The molecule has 178 valence electrons. The number of anilines is 1. The number of carbonyl (C=O) groups is 2. The van der Waals surface area contributed by atoms with E-state index in [1.807, 2.05) is 31.2 Å². The fourth-order valence-corrected chi connectivity index (χ4v) is 4.28. The number of allylic oxidation sites excluding steroid dienone is 1. The number of carbonyl (C=O) groups excluding carboxylic acids is 2. The molecule has 0 aliphatic carbocycles. The first kappa shape index (κ1) is 22.9. The number of hydrogen-bond acceptors (Lipinski definition) is 4. The summed E-state index contributed by atoms with van der Waals surface area (Å²) in [5, 5.41) is 6.05. The minimum Gasteiger partial charge on any atom is -0.496 e. The second kappa shape index (κ2) is 9.43. The van der Waals surface area contributed by atoms with Crippen molar-refractivity contribution < 1.29 is 18.7 Å². The Morgan fingerprint density at radius 3 is 2.42 bits per heavy atom. The summed E-state index contributed by atoms with van der Waals surface area (Å²) in [5.41, 5.74) is 10.4. The van der Waals surface area contributed by atoms with Gasteiger partial charge in [0.05, 0.1) is 13.4 Å². The monoisotopic (exact) mass is 476 g/mol. The lowest BCUT2D eigenvalue weighted by Crippen LogP contribution is -2.12. The quantitative estimate of drug-likeness (QED) is 0.277. The second-order valence-electron chi connectivity index (χ2n) is 8.52. The Bertz CT molecular complexity index is 1650. The van der Waals surface area contributed by atoms with Gasteiger partial charge in [-0.05, 0) is 65.2 Å². The summed E-state index contributed by atoms with van der Waals surface area (Å²) in [7, 11) is 1.59. The first-order chi connectivity index (χ1) is 17.4. The maximum Gasteiger partial charge on any atom is 0.248 e. The van der Waals surface area contributed by atoms with Crippen molar-refractivity contribution in [2.45, 2.75) is 6.92 Å². The molecule has 1 heterocycles. The summed E-state index contributed by atoms with van der Waals surface area (Å²) < 4.78 is 11.5. The highest BCUT2D eigenvalue weighted by Crippen LogP contribution is 2.38. The lowest BCUT2D eigenvalue weighted by atomic mass is 9.97. The van der Waals surface area contributed by atoms with Crippen LogP contribution in [-0.2, 0) is 4.79 Å². The molecule has 0 aliphatic heterocycles. The molecule has 2 amide bonds. The van der Waals surface area contributed by atoms with Crippen LogP contribution in [0, 0.1) is 0 Å². The molecule has 6 nitrogen and oxygen atoms in total. The topological polar surface area (TPSA) is 94.6 Å². The number of fused-ring (bicyclic) bond motifs is 2. The maximum atomic E-state index is 12.7. The van der Waals surface area contributed by atoms with E-state index >= 15 is 0 Å². The fourth-order valence-electron chi connectivity index (χ4n) is 4.28. The van der Waals surface area contributed by atoms with Gasteiger partial charge in [0.2, 0.25) is 11.8 Å². The second-order valence-corrected chi connectivity index (χ2v) is 8.52. The summed E-state index contributed by atoms with van der Waals surface area (Å²) in [6.07, 6.45) is 3.26. The molecule has 0 spiro atoms. The van der Waals surface area contributed by atoms with Gasteiger partial charge < -0.3 is 20.2 Å². The van der Waals surface area contributed by atoms with E-state index in [4.69, 9.17) is 14.9 Å². The molecule has 0 saturated carbocycles. The number of ether oxygens (including phenoxy) is 1.